The number of hydrogen-bond acceptors (Lipinski definition) is 4. The van der Waals surface area contributed by atoms with E-state index in [0.29, 0.717) is 11.4 Å². The molecule has 0 bridgehead atoms. The fourth-order valence-corrected chi connectivity index (χ4v) is 3.82. The molecule has 6 heteroatoms. The number of aliphatic hydroxyl groups excluding tert-OH is 1. The van der Waals surface area contributed by atoms with Crippen molar-refractivity contribution < 1.29 is 13.5 Å². The van der Waals surface area contributed by atoms with E-state index in [9.17, 15) is 13.5 Å². The summed E-state index contributed by atoms with van der Waals surface area (Å²) in [6.07, 6.45) is 1.82. The molecule has 0 aliphatic carbocycles. The SMILES string of the molecule is O=S1(=O)N=C(N2CCC[C@@H]2CO)c2ccccc21. The number of aliphatic hydroxyl groups is 1. The van der Waals surface area contributed by atoms with Gasteiger partial charge in [0.25, 0.3) is 10.0 Å². The molecule has 2 heterocycles. The van der Waals surface area contributed by atoms with Gasteiger partial charge in [-0.1, -0.05) is 12.1 Å². The predicted octanol–water partition coefficient (Wildman–Crippen LogP) is 0.592. The average molecular weight is 266 g/mol. The maximum atomic E-state index is 11.9. The monoisotopic (exact) mass is 266 g/mol. The molecule has 1 N–H and O–H groups in total. The minimum Gasteiger partial charge on any atom is -0.394 e. The Kier molecular flexibility index (Phi) is 2.64. The van der Waals surface area contributed by atoms with Crippen LogP contribution < -0.4 is 0 Å². The van der Waals surface area contributed by atoms with Crippen molar-refractivity contribution in [1.82, 2.24) is 4.90 Å². The number of amidine groups is 1. The summed E-state index contributed by atoms with van der Waals surface area (Å²) in [5, 5.41) is 9.33. The lowest BCUT2D eigenvalue weighted by Crippen LogP contribution is -2.37. The maximum absolute atomic E-state index is 11.9. The molecule has 1 aromatic rings. The summed E-state index contributed by atoms with van der Waals surface area (Å²) in [5.74, 6) is 0.488. The number of nitrogens with zero attached hydrogens (tertiary/aromatic N) is 2. The Hall–Kier alpha value is -1.40. The molecule has 3 rings (SSSR count). The van der Waals surface area contributed by atoms with E-state index in [1.54, 1.807) is 24.3 Å². The van der Waals surface area contributed by atoms with Gasteiger partial charge in [0, 0.05) is 12.1 Å². The molecule has 5 nitrogen and oxygen atoms in total. The first-order valence-corrected chi connectivity index (χ1v) is 7.39. The first-order valence-electron chi connectivity index (χ1n) is 5.95. The van der Waals surface area contributed by atoms with Crippen LogP contribution in [0.4, 0.5) is 0 Å². The molecule has 1 atom stereocenters. The van der Waals surface area contributed by atoms with Crippen molar-refractivity contribution in [1.29, 1.82) is 0 Å². The highest BCUT2D eigenvalue weighted by Gasteiger charge is 2.35. The maximum Gasteiger partial charge on any atom is 0.285 e. The molecule has 18 heavy (non-hydrogen) atoms. The summed E-state index contributed by atoms with van der Waals surface area (Å²) < 4.78 is 27.7. The molecule has 0 amide bonds. The van der Waals surface area contributed by atoms with Gasteiger partial charge in [-0.15, -0.1) is 4.40 Å². The van der Waals surface area contributed by atoms with E-state index < -0.39 is 10.0 Å². The zero-order chi connectivity index (χ0) is 12.8. The average Bonchev–Trinajstić information content (AvgIpc) is 2.92. The first kappa shape index (κ1) is 11.7. The van der Waals surface area contributed by atoms with Gasteiger partial charge in [0.1, 0.15) is 4.90 Å². The third-order valence-electron chi connectivity index (χ3n) is 3.47. The van der Waals surface area contributed by atoms with E-state index in [-0.39, 0.29) is 17.5 Å². The standard InChI is InChI=1S/C12H14N2O3S/c15-8-9-4-3-7-14(9)12-10-5-1-2-6-11(10)18(16,17)13-12/h1-2,5-6,9,15H,3-4,7-8H2/t9-/m1/s1. The van der Waals surface area contributed by atoms with Gasteiger partial charge in [0.2, 0.25) is 0 Å². The summed E-state index contributed by atoms with van der Waals surface area (Å²) in [7, 11) is -3.56. The minimum absolute atomic E-state index is 0.0230. The second-order valence-corrected chi connectivity index (χ2v) is 6.13. The Bertz CT molecular complexity index is 610. The Balaban J connectivity index is 2.09. The fourth-order valence-electron chi connectivity index (χ4n) is 2.60. The molecule has 1 fully saturated rings. The van der Waals surface area contributed by atoms with E-state index in [4.69, 9.17) is 0 Å². The van der Waals surface area contributed by atoms with E-state index in [2.05, 4.69) is 4.40 Å². The van der Waals surface area contributed by atoms with Crippen LogP contribution in [-0.4, -0.2) is 43.5 Å². The van der Waals surface area contributed by atoms with Crippen LogP contribution >= 0.6 is 0 Å². The Morgan fingerprint density at radius 3 is 2.94 bits per heavy atom. The van der Waals surface area contributed by atoms with Crippen LogP contribution in [0.3, 0.4) is 0 Å². The Labute approximate surface area is 106 Å². The van der Waals surface area contributed by atoms with Gasteiger partial charge in [-0.2, -0.15) is 8.42 Å². The van der Waals surface area contributed by atoms with Crippen LogP contribution in [0.2, 0.25) is 0 Å². The van der Waals surface area contributed by atoms with Crippen molar-refractivity contribution >= 4 is 15.9 Å². The van der Waals surface area contributed by atoms with E-state index in [1.165, 1.54) is 0 Å². The molecule has 0 saturated carbocycles. The van der Waals surface area contributed by atoms with E-state index in [1.807, 2.05) is 4.90 Å². The minimum atomic E-state index is -3.56. The fraction of sp³-hybridized carbons (Fsp3) is 0.417. The van der Waals surface area contributed by atoms with E-state index in [0.717, 1.165) is 19.4 Å². The first-order chi connectivity index (χ1) is 8.63. The van der Waals surface area contributed by atoms with Gasteiger partial charge in [-0.25, -0.2) is 0 Å². The Morgan fingerprint density at radius 1 is 1.39 bits per heavy atom. The molecule has 0 aromatic heterocycles. The summed E-state index contributed by atoms with van der Waals surface area (Å²) in [5.41, 5.74) is 0.651. The van der Waals surface area contributed by atoms with Crippen molar-refractivity contribution in [3.63, 3.8) is 0 Å². The third kappa shape index (κ3) is 1.64. The van der Waals surface area contributed by atoms with Crippen molar-refractivity contribution in [2.24, 2.45) is 4.40 Å². The van der Waals surface area contributed by atoms with E-state index >= 15 is 0 Å². The largest absolute Gasteiger partial charge is 0.394 e. The van der Waals surface area contributed by atoms with Crippen molar-refractivity contribution in [2.45, 2.75) is 23.8 Å². The molecular weight excluding hydrogens is 252 g/mol. The molecule has 0 spiro atoms. The van der Waals surface area contributed by atoms with Crippen LogP contribution in [0.1, 0.15) is 18.4 Å². The topological polar surface area (TPSA) is 70.0 Å². The quantitative estimate of drug-likeness (QED) is 0.807. The van der Waals surface area contributed by atoms with Crippen molar-refractivity contribution in [3.8, 4) is 0 Å². The van der Waals surface area contributed by atoms with Crippen LogP contribution in [-0.2, 0) is 10.0 Å². The van der Waals surface area contributed by atoms with Crippen LogP contribution in [0.15, 0.2) is 33.6 Å². The number of sulfonamides is 1. The highest BCUT2D eigenvalue weighted by Crippen LogP contribution is 2.30. The summed E-state index contributed by atoms with van der Waals surface area (Å²) in [6.45, 7) is 0.773. The molecular formula is C12H14N2O3S. The zero-order valence-corrected chi connectivity index (χ0v) is 10.6. The zero-order valence-electron chi connectivity index (χ0n) is 9.78. The lowest BCUT2D eigenvalue weighted by atomic mass is 10.1. The number of rotatable bonds is 1. The second kappa shape index (κ2) is 4.07. The van der Waals surface area contributed by atoms with Crippen LogP contribution in [0.5, 0.6) is 0 Å². The molecule has 0 unspecified atom stereocenters. The number of likely N-dealkylation sites (tertiary alicyclic amines) is 1. The molecule has 96 valence electrons. The van der Waals surface area contributed by atoms with Gasteiger partial charge >= 0.3 is 0 Å². The lowest BCUT2D eigenvalue weighted by molar-refractivity contribution is 0.209. The molecule has 1 saturated heterocycles. The molecule has 1 aromatic carbocycles. The van der Waals surface area contributed by atoms with Gasteiger partial charge in [0.05, 0.1) is 12.6 Å². The molecule has 2 aliphatic rings. The summed E-state index contributed by atoms with van der Waals surface area (Å²) in [4.78, 5) is 2.17. The third-order valence-corrected chi connectivity index (χ3v) is 4.80. The molecule has 0 radical (unpaired) electrons. The lowest BCUT2D eigenvalue weighted by Gasteiger charge is -2.24. The van der Waals surface area contributed by atoms with Gasteiger partial charge in [-0.05, 0) is 25.0 Å². The van der Waals surface area contributed by atoms with Crippen LogP contribution in [0, 0.1) is 0 Å². The van der Waals surface area contributed by atoms with Gasteiger partial charge < -0.3 is 10.0 Å². The highest BCUT2D eigenvalue weighted by atomic mass is 32.2. The highest BCUT2D eigenvalue weighted by molar-refractivity contribution is 7.90. The summed E-state index contributed by atoms with van der Waals surface area (Å²) >= 11 is 0. The normalized spacial score (nSPS) is 25.1. The molecule has 2 aliphatic heterocycles. The van der Waals surface area contributed by atoms with Gasteiger partial charge in [0.15, 0.2) is 5.84 Å². The van der Waals surface area contributed by atoms with Gasteiger partial charge in [-0.3, -0.25) is 0 Å². The van der Waals surface area contributed by atoms with Crippen molar-refractivity contribution in [2.75, 3.05) is 13.2 Å². The Morgan fingerprint density at radius 2 is 2.17 bits per heavy atom. The van der Waals surface area contributed by atoms with Crippen molar-refractivity contribution in [3.05, 3.63) is 29.8 Å². The van der Waals surface area contributed by atoms with Crippen LogP contribution in [0.25, 0.3) is 0 Å². The number of hydrogen-bond donors (Lipinski definition) is 1. The summed E-state index contributed by atoms with van der Waals surface area (Å²) in [6, 6.07) is 6.82. The second-order valence-electron chi connectivity index (χ2n) is 4.56. The number of benzene rings is 1. The number of fused-ring (bicyclic) bond motifs is 1. The predicted molar refractivity (Wildman–Crippen MR) is 67.0 cm³/mol. The smallest absolute Gasteiger partial charge is 0.285 e.